The predicted molar refractivity (Wildman–Crippen MR) is 55.4 cm³/mol. The molecule has 0 saturated heterocycles. The number of rotatable bonds is 3. The zero-order valence-corrected chi connectivity index (χ0v) is 8.69. The molecule has 0 unspecified atom stereocenters. The van der Waals surface area contributed by atoms with Crippen molar-refractivity contribution < 1.29 is 4.79 Å². The summed E-state index contributed by atoms with van der Waals surface area (Å²) in [4.78, 5) is 11.5. The first-order valence-corrected chi connectivity index (χ1v) is 4.91. The second kappa shape index (κ2) is 4.43. The molecule has 1 rings (SSSR count). The van der Waals surface area contributed by atoms with Crippen LogP contribution in [0.5, 0.6) is 0 Å². The monoisotopic (exact) mass is 196 g/mol. The summed E-state index contributed by atoms with van der Waals surface area (Å²) in [5.41, 5.74) is 2.84. The lowest BCUT2D eigenvalue weighted by Crippen LogP contribution is -2.00. The molecule has 0 radical (unpaired) electrons. The minimum absolute atomic E-state index is 0.185. The Morgan fingerprint density at radius 3 is 2.69 bits per heavy atom. The number of hydrogen-bond acceptors (Lipinski definition) is 1. The molecule has 0 aliphatic carbocycles. The van der Waals surface area contributed by atoms with Gasteiger partial charge in [-0.15, -0.1) is 11.6 Å². The summed E-state index contributed by atoms with van der Waals surface area (Å²) in [6.45, 7) is 3.82. The van der Waals surface area contributed by atoms with E-state index in [9.17, 15) is 4.79 Å². The Labute approximate surface area is 83.7 Å². The molecule has 0 N–H and O–H groups in total. The van der Waals surface area contributed by atoms with Crippen molar-refractivity contribution >= 4 is 17.4 Å². The van der Waals surface area contributed by atoms with Crippen molar-refractivity contribution in [1.82, 2.24) is 0 Å². The van der Waals surface area contributed by atoms with Crippen molar-refractivity contribution in [3.05, 3.63) is 34.9 Å². The Morgan fingerprint density at radius 2 is 2.15 bits per heavy atom. The summed E-state index contributed by atoms with van der Waals surface area (Å²) in [6, 6.07) is 5.78. The Hall–Kier alpha value is -0.820. The topological polar surface area (TPSA) is 17.1 Å². The van der Waals surface area contributed by atoms with Gasteiger partial charge in [0.05, 0.1) is 0 Å². The molecule has 0 aliphatic heterocycles. The molecule has 0 fully saturated rings. The third-order valence-electron chi connectivity index (χ3n) is 2.08. The highest BCUT2D eigenvalue weighted by molar-refractivity contribution is 6.17. The van der Waals surface area contributed by atoms with Gasteiger partial charge in [-0.3, -0.25) is 4.79 Å². The first-order chi connectivity index (χ1) is 6.19. The number of carbonyl (C=O) groups excluding carboxylic acids is 1. The zero-order valence-electron chi connectivity index (χ0n) is 7.93. The van der Waals surface area contributed by atoms with E-state index in [0.717, 1.165) is 16.7 Å². The van der Waals surface area contributed by atoms with E-state index in [1.807, 2.05) is 32.0 Å². The number of carbonyl (C=O) groups is 1. The summed E-state index contributed by atoms with van der Waals surface area (Å²) < 4.78 is 0. The molecule has 1 aromatic rings. The molecule has 0 bridgehead atoms. The number of aryl methyl sites for hydroxylation is 1. The second-order valence-electron chi connectivity index (χ2n) is 3.06. The number of alkyl halides is 1. The van der Waals surface area contributed by atoms with Gasteiger partial charge in [-0.25, -0.2) is 0 Å². The third-order valence-corrected chi connectivity index (χ3v) is 2.39. The van der Waals surface area contributed by atoms with Gasteiger partial charge in [0.15, 0.2) is 5.78 Å². The van der Waals surface area contributed by atoms with Crippen LogP contribution < -0.4 is 0 Å². The Morgan fingerprint density at radius 1 is 1.46 bits per heavy atom. The molecule has 0 spiro atoms. The number of hydrogen-bond donors (Lipinski definition) is 0. The maximum Gasteiger partial charge on any atom is 0.162 e. The molecule has 0 amide bonds. The number of benzene rings is 1. The lowest BCUT2D eigenvalue weighted by atomic mass is 10.0. The minimum Gasteiger partial charge on any atom is -0.294 e. The molecule has 1 aromatic carbocycles. The van der Waals surface area contributed by atoms with Gasteiger partial charge in [-0.1, -0.05) is 19.1 Å². The van der Waals surface area contributed by atoms with Crippen molar-refractivity contribution in [2.45, 2.75) is 26.1 Å². The van der Waals surface area contributed by atoms with Crippen LogP contribution in [0, 0.1) is 6.92 Å². The maximum absolute atomic E-state index is 11.5. The van der Waals surface area contributed by atoms with Crippen LogP contribution in [0.25, 0.3) is 0 Å². The lowest BCUT2D eigenvalue weighted by molar-refractivity contribution is 0.0987. The van der Waals surface area contributed by atoms with E-state index in [1.54, 1.807) is 0 Å². The van der Waals surface area contributed by atoms with E-state index >= 15 is 0 Å². The summed E-state index contributed by atoms with van der Waals surface area (Å²) in [7, 11) is 0. The summed E-state index contributed by atoms with van der Waals surface area (Å²) in [5, 5.41) is 0. The second-order valence-corrected chi connectivity index (χ2v) is 3.33. The van der Waals surface area contributed by atoms with E-state index < -0.39 is 0 Å². The first kappa shape index (κ1) is 10.3. The molecule has 0 aromatic heterocycles. The summed E-state index contributed by atoms with van der Waals surface area (Å²) in [6.07, 6.45) is 0.548. The van der Waals surface area contributed by atoms with E-state index in [-0.39, 0.29) is 5.78 Å². The Bertz CT molecular complexity index is 318. The number of Topliss-reactive ketones (excluding diaryl/α,β-unsaturated/α-hetero) is 1. The van der Waals surface area contributed by atoms with Crippen LogP contribution >= 0.6 is 11.6 Å². The fourth-order valence-corrected chi connectivity index (χ4v) is 1.41. The van der Waals surface area contributed by atoms with Gasteiger partial charge in [0, 0.05) is 17.9 Å². The average molecular weight is 197 g/mol. The highest BCUT2D eigenvalue weighted by atomic mass is 35.5. The minimum atomic E-state index is 0.185. The fourth-order valence-electron chi connectivity index (χ4n) is 1.24. The van der Waals surface area contributed by atoms with Crippen LogP contribution in [0.2, 0.25) is 0 Å². The van der Waals surface area contributed by atoms with E-state index in [1.165, 1.54) is 0 Å². The van der Waals surface area contributed by atoms with Gasteiger partial charge in [0.1, 0.15) is 0 Å². The largest absolute Gasteiger partial charge is 0.294 e. The van der Waals surface area contributed by atoms with Crippen molar-refractivity contribution in [2.75, 3.05) is 0 Å². The van der Waals surface area contributed by atoms with Crippen molar-refractivity contribution in [2.24, 2.45) is 0 Å². The molecule has 0 saturated carbocycles. The first-order valence-electron chi connectivity index (χ1n) is 4.37. The van der Waals surface area contributed by atoms with Gasteiger partial charge in [-0.05, 0) is 24.1 Å². The average Bonchev–Trinajstić information content (AvgIpc) is 2.17. The molecule has 13 heavy (non-hydrogen) atoms. The van der Waals surface area contributed by atoms with Crippen LogP contribution in [0.1, 0.15) is 34.8 Å². The molecule has 0 atom stereocenters. The quantitative estimate of drug-likeness (QED) is 0.536. The van der Waals surface area contributed by atoms with Crippen LogP contribution in [0.3, 0.4) is 0 Å². The molecular weight excluding hydrogens is 184 g/mol. The van der Waals surface area contributed by atoms with Crippen LogP contribution in [0.4, 0.5) is 0 Å². The van der Waals surface area contributed by atoms with Gasteiger partial charge in [0.25, 0.3) is 0 Å². The molecule has 2 heteroatoms. The van der Waals surface area contributed by atoms with E-state index in [2.05, 4.69) is 0 Å². The highest BCUT2D eigenvalue weighted by Crippen LogP contribution is 2.14. The molecule has 1 nitrogen and oxygen atoms in total. The van der Waals surface area contributed by atoms with Gasteiger partial charge in [0.2, 0.25) is 0 Å². The Kier molecular flexibility index (Phi) is 3.49. The van der Waals surface area contributed by atoms with Gasteiger partial charge in [-0.2, -0.15) is 0 Å². The Balaban J connectivity index is 3.11. The van der Waals surface area contributed by atoms with Crippen molar-refractivity contribution in [1.29, 1.82) is 0 Å². The van der Waals surface area contributed by atoms with Crippen molar-refractivity contribution in [3.63, 3.8) is 0 Å². The smallest absolute Gasteiger partial charge is 0.162 e. The maximum atomic E-state index is 11.5. The molecule has 0 aliphatic rings. The number of ketones is 1. The van der Waals surface area contributed by atoms with E-state index in [4.69, 9.17) is 11.6 Å². The van der Waals surface area contributed by atoms with Crippen LogP contribution in [-0.2, 0) is 5.88 Å². The van der Waals surface area contributed by atoms with Gasteiger partial charge >= 0.3 is 0 Å². The van der Waals surface area contributed by atoms with Crippen LogP contribution in [0.15, 0.2) is 18.2 Å². The summed E-state index contributed by atoms with van der Waals surface area (Å²) in [5.74, 6) is 0.647. The van der Waals surface area contributed by atoms with Crippen molar-refractivity contribution in [3.8, 4) is 0 Å². The number of halogens is 1. The molecule has 0 heterocycles. The standard InChI is InChI=1S/C11H13ClO/c1-3-11(13)10-6-9(7-12)5-4-8(10)2/h4-6H,3,7H2,1-2H3. The fraction of sp³-hybridized carbons (Fsp3) is 0.364. The normalized spacial score (nSPS) is 10.1. The highest BCUT2D eigenvalue weighted by Gasteiger charge is 2.06. The van der Waals surface area contributed by atoms with E-state index in [0.29, 0.717) is 12.3 Å². The zero-order chi connectivity index (χ0) is 9.84. The SMILES string of the molecule is CCC(=O)c1cc(CCl)ccc1C. The lowest BCUT2D eigenvalue weighted by Gasteiger charge is -2.04. The predicted octanol–water partition coefficient (Wildman–Crippen LogP) is 3.33. The molecule has 70 valence electrons. The third kappa shape index (κ3) is 2.31. The van der Waals surface area contributed by atoms with Crippen LogP contribution in [-0.4, -0.2) is 5.78 Å². The molecular formula is C11H13ClO. The summed E-state index contributed by atoms with van der Waals surface area (Å²) >= 11 is 5.69. The van der Waals surface area contributed by atoms with Gasteiger partial charge < -0.3 is 0 Å².